The molecule has 6 heteroatoms. The van der Waals surface area contributed by atoms with Gasteiger partial charge in [-0.1, -0.05) is 44.0 Å². The van der Waals surface area contributed by atoms with Crippen LogP contribution in [-0.4, -0.2) is 9.97 Å². The molecule has 2 atom stereocenters. The van der Waals surface area contributed by atoms with E-state index in [1.165, 1.54) is 4.88 Å². The molecule has 0 radical (unpaired) electrons. The highest BCUT2D eigenvalue weighted by atomic mass is 35.5. The molecule has 1 aromatic carbocycles. The fourth-order valence-electron chi connectivity index (χ4n) is 3.16. The lowest BCUT2D eigenvalue weighted by Crippen LogP contribution is -2.22. The smallest absolute Gasteiger partial charge is 0.259 e. The van der Waals surface area contributed by atoms with Gasteiger partial charge in [0.2, 0.25) is 0 Å². The van der Waals surface area contributed by atoms with Gasteiger partial charge in [0, 0.05) is 15.9 Å². The Kier molecular flexibility index (Phi) is 6.35. The van der Waals surface area contributed by atoms with Crippen molar-refractivity contribution in [1.29, 1.82) is 0 Å². The molecular weight excluding hydrogens is 378 g/mol. The lowest BCUT2D eigenvalue weighted by Gasteiger charge is -2.14. The van der Waals surface area contributed by atoms with E-state index in [1.54, 1.807) is 11.3 Å². The number of aryl methyl sites for hydroxylation is 1. The van der Waals surface area contributed by atoms with Crippen LogP contribution in [0.15, 0.2) is 29.1 Å². The highest BCUT2D eigenvalue weighted by Gasteiger charge is 2.17. The number of aromatic amines is 1. The van der Waals surface area contributed by atoms with E-state index in [4.69, 9.17) is 16.6 Å². The highest BCUT2D eigenvalue weighted by molar-refractivity contribution is 7.18. The average Bonchev–Trinajstić information content (AvgIpc) is 2.95. The van der Waals surface area contributed by atoms with Crippen molar-refractivity contribution in [2.45, 2.75) is 53.1 Å². The summed E-state index contributed by atoms with van der Waals surface area (Å²) in [6.45, 7) is 9.08. The molecule has 3 aromatic rings. The third-order valence-electron chi connectivity index (χ3n) is 5.11. The molecule has 2 heterocycles. The van der Waals surface area contributed by atoms with Gasteiger partial charge < -0.3 is 10.3 Å². The number of aromatic nitrogens is 2. The summed E-state index contributed by atoms with van der Waals surface area (Å²) in [4.78, 5) is 22.4. The number of H-pyrrole nitrogens is 1. The van der Waals surface area contributed by atoms with Gasteiger partial charge in [-0.15, -0.1) is 11.3 Å². The van der Waals surface area contributed by atoms with Crippen molar-refractivity contribution in [3.8, 4) is 0 Å². The fourth-order valence-corrected chi connectivity index (χ4v) is 4.36. The van der Waals surface area contributed by atoms with E-state index in [9.17, 15) is 4.79 Å². The summed E-state index contributed by atoms with van der Waals surface area (Å²) >= 11 is 7.57. The summed E-state index contributed by atoms with van der Waals surface area (Å²) in [6.07, 6.45) is 2.03. The van der Waals surface area contributed by atoms with Crippen LogP contribution in [0.3, 0.4) is 0 Å². The van der Waals surface area contributed by atoms with Crippen LogP contribution in [0.2, 0.25) is 5.02 Å². The number of halogens is 1. The molecule has 0 aliphatic heterocycles. The van der Waals surface area contributed by atoms with Crippen molar-refractivity contribution in [3.63, 3.8) is 0 Å². The maximum atomic E-state index is 12.7. The maximum absolute atomic E-state index is 12.7. The Morgan fingerprint density at radius 2 is 1.96 bits per heavy atom. The van der Waals surface area contributed by atoms with E-state index >= 15 is 0 Å². The van der Waals surface area contributed by atoms with E-state index < -0.39 is 0 Å². The van der Waals surface area contributed by atoms with Gasteiger partial charge in [-0.2, -0.15) is 0 Å². The van der Waals surface area contributed by atoms with E-state index in [2.05, 4.69) is 38.0 Å². The first-order chi connectivity index (χ1) is 12.9. The third-order valence-corrected chi connectivity index (χ3v) is 6.40. The van der Waals surface area contributed by atoms with Crippen molar-refractivity contribution < 1.29 is 0 Å². The minimum atomic E-state index is -0.0291. The quantitative estimate of drug-likeness (QED) is 0.556. The Balaban J connectivity index is 1.80. The van der Waals surface area contributed by atoms with Crippen LogP contribution >= 0.6 is 22.9 Å². The molecule has 2 aromatic heterocycles. The van der Waals surface area contributed by atoms with Crippen LogP contribution in [0.5, 0.6) is 0 Å². The molecule has 3 rings (SSSR count). The van der Waals surface area contributed by atoms with Gasteiger partial charge >= 0.3 is 0 Å². The Bertz CT molecular complexity index is 977. The number of benzene rings is 1. The van der Waals surface area contributed by atoms with Gasteiger partial charge in [0.1, 0.15) is 10.7 Å². The van der Waals surface area contributed by atoms with Crippen LogP contribution in [-0.2, 0) is 13.0 Å². The second kappa shape index (κ2) is 8.55. The third kappa shape index (κ3) is 4.60. The summed E-state index contributed by atoms with van der Waals surface area (Å²) in [7, 11) is 0. The fraction of sp³-hybridized carbons (Fsp3) is 0.429. The number of hydrogen-bond donors (Lipinski definition) is 2. The molecule has 0 saturated heterocycles. The van der Waals surface area contributed by atoms with Gasteiger partial charge in [-0.3, -0.25) is 4.79 Å². The van der Waals surface area contributed by atoms with Gasteiger partial charge in [-0.05, 0) is 49.4 Å². The zero-order valence-corrected chi connectivity index (χ0v) is 17.8. The first-order valence-corrected chi connectivity index (χ1v) is 10.6. The SMILES string of the molecule is CC[C@H](C)Cc1c(C)sc2nc(CN[C@@H](C)c3ccc(Cl)cc3)[nH]c(=O)c12. The summed E-state index contributed by atoms with van der Waals surface area (Å²) in [5, 5.41) is 4.91. The van der Waals surface area contributed by atoms with Gasteiger partial charge in [0.15, 0.2) is 0 Å². The van der Waals surface area contributed by atoms with Crippen LogP contribution in [0, 0.1) is 12.8 Å². The van der Waals surface area contributed by atoms with Crippen molar-refractivity contribution in [2.75, 3.05) is 0 Å². The first-order valence-electron chi connectivity index (χ1n) is 9.39. The number of nitrogens with one attached hydrogen (secondary N) is 2. The molecule has 0 aliphatic rings. The zero-order valence-electron chi connectivity index (χ0n) is 16.2. The molecule has 0 aliphatic carbocycles. The van der Waals surface area contributed by atoms with Crippen molar-refractivity contribution in [3.05, 3.63) is 61.5 Å². The number of rotatable bonds is 7. The number of fused-ring (bicyclic) bond motifs is 1. The molecule has 0 bridgehead atoms. The topological polar surface area (TPSA) is 57.8 Å². The number of hydrogen-bond acceptors (Lipinski definition) is 4. The zero-order chi connectivity index (χ0) is 19.6. The highest BCUT2D eigenvalue weighted by Crippen LogP contribution is 2.29. The molecule has 4 nitrogen and oxygen atoms in total. The van der Waals surface area contributed by atoms with Crippen molar-refractivity contribution in [2.24, 2.45) is 5.92 Å². The predicted octanol–water partition coefficient (Wildman–Crippen LogP) is 5.39. The Labute approximate surface area is 169 Å². The normalized spacial score (nSPS) is 13.8. The number of thiophene rings is 1. The summed E-state index contributed by atoms with van der Waals surface area (Å²) in [5.74, 6) is 1.23. The standard InChI is InChI=1S/C21H26ClN3OS/c1-5-12(2)10-17-14(4)27-21-19(17)20(26)24-18(25-21)11-23-13(3)15-6-8-16(22)9-7-15/h6-9,12-13,23H,5,10-11H2,1-4H3,(H,24,25,26)/t12-,13-/m0/s1. The summed E-state index contributed by atoms with van der Waals surface area (Å²) < 4.78 is 0. The molecule has 0 unspecified atom stereocenters. The monoisotopic (exact) mass is 403 g/mol. The predicted molar refractivity (Wildman–Crippen MR) is 115 cm³/mol. The summed E-state index contributed by atoms with van der Waals surface area (Å²) in [5.41, 5.74) is 2.27. The molecule has 2 N–H and O–H groups in total. The Hall–Kier alpha value is -1.69. The molecular formula is C21H26ClN3OS. The van der Waals surface area contributed by atoms with Gasteiger partial charge in [0.25, 0.3) is 5.56 Å². The molecule has 0 amide bonds. The van der Waals surface area contributed by atoms with E-state index in [-0.39, 0.29) is 11.6 Å². The lowest BCUT2D eigenvalue weighted by molar-refractivity contribution is 0.558. The number of nitrogens with zero attached hydrogens (tertiary/aromatic N) is 1. The average molecular weight is 404 g/mol. The van der Waals surface area contributed by atoms with Gasteiger partial charge in [-0.25, -0.2) is 4.98 Å². The minimum absolute atomic E-state index is 0.0291. The largest absolute Gasteiger partial charge is 0.309 e. The summed E-state index contributed by atoms with van der Waals surface area (Å²) in [6, 6.07) is 7.91. The van der Waals surface area contributed by atoms with Gasteiger partial charge in [0.05, 0.1) is 11.9 Å². The molecule has 0 spiro atoms. The van der Waals surface area contributed by atoms with E-state index in [0.717, 1.165) is 39.2 Å². The molecule has 144 valence electrons. The molecule has 0 fully saturated rings. The minimum Gasteiger partial charge on any atom is -0.309 e. The van der Waals surface area contributed by atoms with Crippen LogP contribution in [0.1, 0.15) is 55.1 Å². The van der Waals surface area contributed by atoms with E-state index in [0.29, 0.717) is 18.3 Å². The maximum Gasteiger partial charge on any atom is 0.259 e. The van der Waals surface area contributed by atoms with Crippen molar-refractivity contribution in [1.82, 2.24) is 15.3 Å². The van der Waals surface area contributed by atoms with Crippen LogP contribution < -0.4 is 10.9 Å². The molecule has 0 saturated carbocycles. The lowest BCUT2D eigenvalue weighted by atomic mass is 9.98. The second-order valence-electron chi connectivity index (χ2n) is 7.20. The Morgan fingerprint density at radius 3 is 2.63 bits per heavy atom. The first kappa shape index (κ1) is 20.1. The van der Waals surface area contributed by atoms with Crippen molar-refractivity contribution >= 4 is 33.2 Å². The van der Waals surface area contributed by atoms with Crippen LogP contribution in [0.25, 0.3) is 10.2 Å². The second-order valence-corrected chi connectivity index (χ2v) is 8.84. The van der Waals surface area contributed by atoms with Crippen LogP contribution in [0.4, 0.5) is 0 Å². The van der Waals surface area contributed by atoms with E-state index in [1.807, 2.05) is 24.3 Å². The molecule has 27 heavy (non-hydrogen) atoms. The Morgan fingerprint density at radius 1 is 1.26 bits per heavy atom.